The third-order valence-electron chi connectivity index (χ3n) is 11.1. The van der Waals surface area contributed by atoms with Crippen LogP contribution in [0.5, 0.6) is 11.6 Å². The van der Waals surface area contributed by atoms with Crippen LogP contribution in [0.15, 0.2) is 24.5 Å². The van der Waals surface area contributed by atoms with Crippen molar-refractivity contribution in [3.63, 3.8) is 0 Å². The monoisotopic (exact) mass is 603 g/mol. The van der Waals surface area contributed by atoms with Crippen LogP contribution in [0, 0.1) is 17.2 Å². The van der Waals surface area contributed by atoms with Gasteiger partial charge in [-0.2, -0.15) is 0 Å². The maximum atomic E-state index is 14.4. The number of carbonyl (C=O) groups is 2. The van der Waals surface area contributed by atoms with Crippen LogP contribution in [0.25, 0.3) is 0 Å². The molecule has 1 N–H and O–H groups in total. The molecule has 0 radical (unpaired) electrons. The van der Waals surface area contributed by atoms with Crippen molar-refractivity contribution in [1.29, 1.82) is 0 Å². The third kappa shape index (κ3) is 5.52. The quantitative estimate of drug-likeness (QED) is 0.476. The number of piperidine rings is 1. The van der Waals surface area contributed by atoms with Crippen molar-refractivity contribution in [2.24, 2.45) is 11.3 Å². The average molecular weight is 604 g/mol. The van der Waals surface area contributed by atoms with Gasteiger partial charge in [-0.3, -0.25) is 9.59 Å². The Hall–Kier alpha value is -3.34. The summed E-state index contributed by atoms with van der Waals surface area (Å²) in [5.41, 5.74) is 0.582. The number of carbonyl (C=O) groups excluding carboxylic acids is 2. The first-order chi connectivity index (χ1) is 21.4. The molecule has 0 bridgehead atoms. The van der Waals surface area contributed by atoms with Crippen molar-refractivity contribution in [1.82, 2.24) is 30.3 Å². The molecule has 3 aliphatic carbocycles. The molecule has 11 heteroatoms. The second-order valence-electron chi connectivity index (χ2n) is 14.4. The van der Waals surface area contributed by atoms with Gasteiger partial charge in [0.15, 0.2) is 5.82 Å². The topological polar surface area (TPSA) is 104 Å². The number of nitrogens with one attached hydrogen (secondary N) is 1. The number of amides is 2. The SMILES string of the molecule is O=C1CCC2(CCC(CN3CCC4(CC3)CN(c3ncnnc3Oc3ccc(F)cc3C(=O)N(C3CC3)C3CC3)C4)CC2)N1. The molecule has 6 aliphatic rings. The third-order valence-corrected chi connectivity index (χ3v) is 11.1. The smallest absolute Gasteiger partial charge is 0.282 e. The lowest BCUT2D eigenvalue weighted by molar-refractivity contribution is -0.120. The van der Waals surface area contributed by atoms with Crippen molar-refractivity contribution in [3.8, 4) is 11.6 Å². The van der Waals surface area contributed by atoms with Crippen LogP contribution < -0.4 is 15.0 Å². The lowest BCUT2D eigenvalue weighted by Gasteiger charge is -2.54. The van der Waals surface area contributed by atoms with E-state index < -0.39 is 5.82 Å². The van der Waals surface area contributed by atoms with Crippen molar-refractivity contribution in [2.45, 2.75) is 94.7 Å². The zero-order valence-corrected chi connectivity index (χ0v) is 25.3. The highest BCUT2D eigenvalue weighted by Gasteiger charge is 2.47. The number of halogens is 1. The van der Waals surface area contributed by atoms with Gasteiger partial charge < -0.3 is 24.8 Å². The summed E-state index contributed by atoms with van der Waals surface area (Å²) in [7, 11) is 0. The van der Waals surface area contributed by atoms with E-state index in [0.717, 1.165) is 96.4 Å². The first-order valence-electron chi connectivity index (χ1n) is 16.6. The predicted octanol–water partition coefficient (Wildman–Crippen LogP) is 4.31. The lowest BCUT2D eigenvalue weighted by Crippen LogP contribution is -2.61. The van der Waals surface area contributed by atoms with Crippen molar-refractivity contribution >= 4 is 17.6 Å². The fourth-order valence-corrected chi connectivity index (χ4v) is 8.24. The van der Waals surface area contributed by atoms with Crippen LogP contribution in [-0.4, -0.2) is 87.1 Å². The second-order valence-corrected chi connectivity index (χ2v) is 14.4. The van der Waals surface area contributed by atoms with Gasteiger partial charge in [0, 0.05) is 49.1 Å². The summed E-state index contributed by atoms with van der Waals surface area (Å²) >= 11 is 0. The van der Waals surface area contributed by atoms with Crippen molar-refractivity contribution in [3.05, 3.63) is 35.9 Å². The normalized spacial score (nSPS) is 28.2. The average Bonchev–Trinajstić information content (AvgIpc) is 3.96. The van der Waals surface area contributed by atoms with Crippen LogP contribution in [0.4, 0.5) is 10.2 Å². The van der Waals surface area contributed by atoms with Crippen LogP contribution in [0.3, 0.4) is 0 Å². The summed E-state index contributed by atoms with van der Waals surface area (Å²) in [6.45, 7) is 5.14. The predicted molar refractivity (Wildman–Crippen MR) is 161 cm³/mol. The fourth-order valence-electron chi connectivity index (χ4n) is 8.24. The minimum atomic E-state index is -0.463. The molecule has 8 rings (SSSR count). The molecule has 0 atom stereocenters. The van der Waals surface area contributed by atoms with E-state index in [1.165, 1.54) is 37.4 Å². The Morgan fingerprint density at radius 1 is 1.02 bits per heavy atom. The second kappa shape index (κ2) is 10.9. The zero-order valence-electron chi connectivity index (χ0n) is 25.3. The van der Waals surface area contributed by atoms with Crippen LogP contribution in [0.2, 0.25) is 0 Å². The highest BCUT2D eigenvalue weighted by atomic mass is 19.1. The van der Waals surface area contributed by atoms with E-state index >= 15 is 0 Å². The number of aromatic nitrogens is 3. The van der Waals surface area contributed by atoms with Crippen LogP contribution in [0.1, 0.15) is 87.4 Å². The number of anilines is 1. The number of likely N-dealkylation sites (tertiary alicyclic amines) is 1. The number of nitrogens with zero attached hydrogens (tertiary/aromatic N) is 6. The first kappa shape index (κ1) is 28.2. The Labute approximate surface area is 257 Å². The van der Waals surface area contributed by atoms with Crippen molar-refractivity contribution in [2.75, 3.05) is 37.6 Å². The molecule has 0 unspecified atom stereocenters. The highest BCUT2D eigenvalue weighted by molar-refractivity contribution is 5.98. The van der Waals surface area contributed by atoms with E-state index in [-0.39, 0.29) is 46.3 Å². The van der Waals surface area contributed by atoms with E-state index in [1.54, 1.807) is 0 Å². The largest absolute Gasteiger partial charge is 0.434 e. The lowest BCUT2D eigenvalue weighted by atomic mass is 9.71. The molecule has 2 amide bonds. The van der Waals surface area contributed by atoms with Gasteiger partial charge in [0.05, 0.1) is 5.56 Å². The summed E-state index contributed by atoms with van der Waals surface area (Å²) < 4.78 is 20.6. The maximum Gasteiger partial charge on any atom is 0.282 e. The molecule has 10 nitrogen and oxygen atoms in total. The summed E-state index contributed by atoms with van der Waals surface area (Å²) in [6.07, 6.45) is 14.1. The first-order valence-corrected chi connectivity index (χ1v) is 16.6. The molecule has 3 saturated carbocycles. The summed E-state index contributed by atoms with van der Waals surface area (Å²) in [4.78, 5) is 36.7. The molecular weight excluding hydrogens is 561 g/mol. The molecule has 2 aromatic rings. The summed E-state index contributed by atoms with van der Waals surface area (Å²) in [6, 6.07) is 4.61. The number of hydrogen-bond donors (Lipinski definition) is 1. The molecule has 44 heavy (non-hydrogen) atoms. The number of ether oxygens (including phenoxy) is 1. The molecule has 6 fully saturated rings. The standard InChI is InChI=1S/C33H42FN7O3/c34-23-1-6-27(26(17-23)31(43)41(24-2-3-24)25-4-5-25)44-30-29(35-21-36-38-30)40-19-32(20-40)13-15-39(16-14-32)18-22-7-10-33(11-8-22)12-9-28(42)37-33/h1,6,17,21-22,24-25H,2-5,7-16,18-20H2,(H,37,42). The van der Waals surface area contributed by atoms with E-state index in [9.17, 15) is 14.0 Å². The molecule has 4 heterocycles. The fraction of sp³-hybridized carbons (Fsp3) is 0.667. The van der Waals surface area contributed by atoms with Crippen LogP contribution in [-0.2, 0) is 4.79 Å². The molecule has 3 aliphatic heterocycles. The van der Waals surface area contributed by atoms with Gasteiger partial charge in [0.25, 0.3) is 11.8 Å². The highest BCUT2D eigenvalue weighted by Crippen LogP contribution is 2.46. The Kier molecular flexibility index (Phi) is 6.99. The Morgan fingerprint density at radius 2 is 1.75 bits per heavy atom. The summed E-state index contributed by atoms with van der Waals surface area (Å²) in [5.74, 6) is 1.48. The van der Waals surface area contributed by atoms with E-state index in [1.807, 2.05) is 4.90 Å². The van der Waals surface area contributed by atoms with Gasteiger partial charge in [-0.05, 0) is 108 Å². The maximum absolute atomic E-state index is 14.4. The van der Waals surface area contributed by atoms with Crippen LogP contribution >= 0.6 is 0 Å². The van der Waals surface area contributed by atoms with Gasteiger partial charge in [-0.25, -0.2) is 9.37 Å². The van der Waals surface area contributed by atoms with Gasteiger partial charge in [0.1, 0.15) is 17.9 Å². The molecule has 1 aromatic heterocycles. The van der Waals surface area contributed by atoms with Crippen molar-refractivity contribution < 1.29 is 18.7 Å². The Morgan fingerprint density at radius 3 is 2.41 bits per heavy atom. The van der Waals surface area contributed by atoms with Gasteiger partial charge >= 0.3 is 0 Å². The minimum Gasteiger partial charge on any atom is -0.434 e. The Bertz CT molecular complexity index is 1410. The number of benzene rings is 1. The van der Waals surface area contributed by atoms with Gasteiger partial charge in [-0.1, -0.05) is 0 Å². The van der Waals surface area contributed by atoms with E-state index in [4.69, 9.17) is 4.74 Å². The molecular formula is C33H42FN7O3. The minimum absolute atomic E-state index is 0.0920. The number of rotatable bonds is 8. The zero-order chi connectivity index (χ0) is 29.9. The molecule has 234 valence electrons. The van der Waals surface area contributed by atoms with Gasteiger partial charge in [-0.15, -0.1) is 10.2 Å². The molecule has 1 aromatic carbocycles. The van der Waals surface area contributed by atoms with E-state index in [2.05, 4.69) is 30.3 Å². The molecule has 2 spiro atoms. The summed E-state index contributed by atoms with van der Waals surface area (Å²) in [5, 5.41) is 11.5. The Balaban J connectivity index is 0.882. The number of hydrogen-bond acceptors (Lipinski definition) is 8. The molecule has 3 saturated heterocycles. The van der Waals surface area contributed by atoms with E-state index in [0.29, 0.717) is 18.0 Å². The van der Waals surface area contributed by atoms with Gasteiger partial charge in [0.2, 0.25) is 5.91 Å².